The summed E-state index contributed by atoms with van der Waals surface area (Å²) in [6.07, 6.45) is 1.44. The molecule has 49 heavy (non-hydrogen) atoms. The topological polar surface area (TPSA) is 143 Å². The van der Waals surface area contributed by atoms with E-state index in [4.69, 9.17) is 9.47 Å². The third kappa shape index (κ3) is 7.22. The third-order valence-corrected chi connectivity index (χ3v) is 12.7. The van der Waals surface area contributed by atoms with Crippen molar-refractivity contribution in [1.29, 1.82) is 0 Å². The van der Waals surface area contributed by atoms with E-state index in [1.165, 1.54) is 53.6 Å². The molecule has 258 valence electrons. The number of ether oxygens (including phenoxy) is 2. The van der Waals surface area contributed by atoms with Gasteiger partial charge in [0.1, 0.15) is 22.8 Å². The van der Waals surface area contributed by atoms with Crippen molar-refractivity contribution in [2.24, 2.45) is 7.05 Å². The molecule has 0 spiro atoms. The fourth-order valence-electron chi connectivity index (χ4n) is 5.24. The standard InChI is InChI=1S/C34H33F2N3O8S2/c1-5-46-34(41)29-18-26-27(20-38(4)33(40)32(26)39(29)19-22-10-8-7-9-11-22)25-17-24(37-49(44,45)21(3)48(42,43)6-2)13-15-30(25)47-31-14-12-23(35)16-28(31)36/h7-18,20-21,37H,5-6,19H2,1-4H3. The Morgan fingerprint density at radius 1 is 0.918 bits per heavy atom. The summed E-state index contributed by atoms with van der Waals surface area (Å²) >= 11 is 0. The molecule has 1 unspecified atom stereocenters. The number of carbonyl (C=O) groups is 1. The number of hydrogen-bond acceptors (Lipinski definition) is 8. The second-order valence-corrected chi connectivity index (χ2v) is 16.0. The molecule has 11 nitrogen and oxygen atoms in total. The molecule has 1 N–H and O–H groups in total. The van der Waals surface area contributed by atoms with Crippen LogP contribution in [0.15, 0.2) is 83.8 Å². The van der Waals surface area contributed by atoms with Gasteiger partial charge in [-0.1, -0.05) is 37.3 Å². The molecule has 0 fully saturated rings. The van der Waals surface area contributed by atoms with Crippen molar-refractivity contribution in [3.8, 4) is 22.6 Å². The number of rotatable bonds is 12. The first-order valence-electron chi connectivity index (χ1n) is 15.1. The maximum atomic E-state index is 14.8. The zero-order valence-electron chi connectivity index (χ0n) is 26.9. The number of nitrogens with one attached hydrogen (secondary N) is 1. The van der Waals surface area contributed by atoms with E-state index in [-0.39, 0.29) is 58.1 Å². The van der Waals surface area contributed by atoms with Crippen molar-refractivity contribution in [2.75, 3.05) is 17.1 Å². The van der Waals surface area contributed by atoms with Crippen molar-refractivity contribution >= 4 is 42.4 Å². The van der Waals surface area contributed by atoms with Crippen LogP contribution in [0.5, 0.6) is 11.5 Å². The maximum absolute atomic E-state index is 14.8. The van der Waals surface area contributed by atoms with E-state index < -0.39 is 53.4 Å². The van der Waals surface area contributed by atoms with Crippen LogP contribution in [0.4, 0.5) is 14.5 Å². The van der Waals surface area contributed by atoms with Gasteiger partial charge in [-0.15, -0.1) is 0 Å². The normalized spacial score (nSPS) is 12.5. The van der Waals surface area contributed by atoms with E-state index in [0.29, 0.717) is 6.07 Å². The van der Waals surface area contributed by atoms with Crippen LogP contribution in [0, 0.1) is 11.6 Å². The van der Waals surface area contributed by atoms with Gasteiger partial charge in [-0.05, 0) is 55.8 Å². The Balaban J connectivity index is 1.78. The van der Waals surface area contributed by atoms with Crippen LogP contribution in [0.1, 0.15) is 36.8 Å². The number of fused-ring (bicyclic) bond motifs is 1. The molecule has 15 heteroatoms. The second kappa shape index (κ2) is 13.8. The van der Waals surface area contributed by atoms with Gasteiger partial charge >= 0.3 is 5.97 Å². The number of hydrogen-bond donors (Lipinski definition) is 1. The molecule has 0 radical (unpaired) electrons. The highest BCUT2D eigenvalue weighted by Crippen LogP contribution is 2.40. The van der Waals surface area contributed by atoms with E-state index in [2.05, 4.69) is 4.72 Å². The molecule has 0 saturated carbocycles. The number of anilines is 1. The molecule has 0 aliphatic carbocycles. The highest BCUT2D eigenvalue weighted by molar-refractivity contribution is 8.09. The molecule has 0 aliphatic rings. The lowest BCUT2D eigenvalue weighted by atomic mass is 10.0. The first-order valence-corrected chi connectivity index (χ1v) is 18.4. The van der Waals surface area contributed by atoms with Crippen LogP contribution in [-0.4, -0.2) is 48.9 Å². The number of aromatic nitrogens is 2. The van der Waals surface area contributed by atoms with E-state index >= 15 is 0 Å². The van der Waals surface area contributed by atoms with Gasteiger partial charge in [0.05, 0.1) is 6.61 Å². The average molecular weight is 714 g/mol. The first kappa shape index (κ1) is 35.3. The highest BCUT2D eigenvalue weighted by atomic mass is 32.3. The summed E-state index contributed by atoms with van der Waals surface area (Å²) < 4.78 is 94.2. The minimum atomic E-state index is -4.48. The van der Waals surface area contributed by atoms with Gasteiger partial charge in [-0.2, -0.15) is 0 Å². The minimum Gasteiger partial charge on any atom is -0.461 e. The summed E-state index contributed by atoms with van der Waals surface area (Å²) in [5, 5.41) is 0.258. The summed E-state index contributed by atoms with van der Waals surface area (Å²) in [6, 6.07) is 17.2. The van der Waals surface area contributed by atoms with Gasteiger partial charge in [0, 0.05) is 53.8 Å². The van der Waals surface area contributed by atoms with Crippen LogP contribution in [0.2, 0.25) is 0 Å². The lowest BCUT2D eigenvalue weighted by molar-refractivity contribution is 0.0515. The van der Waals surface area contributed by atoms with Crippen molar-refractivity contribution in [2.45, 2.75) is 31.9 Å². The van der Waals surface area contributed by atoms with E-state index in [1.54, 1.807) is 6.92 Å². The monoisotopic (exact) mass is 713 g/mol. The number of pyridine rings is 1. The Kier molecular flexibility index (Phi) is 9.97. The molecule has 5 aromatic rings. The second-order valence-electron chi connectivity index (χ2n) is 11.1. The Labute approximate surface area is 281 Å². The molecule has 2 aromatic heterocycles. The van der Waals surface area contributed by atoms with E-state index in [1.807, 2.05) is 30.3 Å². The zero-order valence-corrected chi connectivity index (χ0v) is 28.6. The molecule has 0 saturated heterocycles. The lowest BCUT2D eigenvalue weighted by Crippen LogP contribution is -2.33. The summed E-state index contributed by atoms with van der Waals surface area (Å²) in [5.74, 6) is -3.34. The fourth-order valence-corrected chi connectivity index (χ4v) is 8.42. The molecule has 0 aliphatic heterocycles. The van der Waals surface area contributed by atoms with Crippen molar-refractivity contribution in [3.05, 3.63) is 112 Å². The predicted octanol–water partition coefficient (Wildman–Crippen LogP) is 5.82. The van der Waals surface area contributed by atoms with Gasteiger partial charge in [0.2, 0.25) is 10.0 Å². The number of carbonyl (C=O) groups excluding carboxylic acids is 1. The van der Waals surface area contributed by atoms with Crippen LogP contribution in [0.3, 0.4) is 0 Å². The van der Waals surface area contributed by atoms with Crippen LogP contribution in [0.25, 0.3) is 22.0 Å². The number of sulfonamides is 1. The Hall–Kier alpha value is -5.02. The Morgan fingerprint density at radius 2 is 1.61 bits per heavy atom. The summed E-state index contributed by atoms with van der Waals surface area (Å²) in [6.45, 7) is 4.21. The van der Waals surface area contributed by atoms with Crippen molar-refractivity contribution in [3.63, 3.8) is 0 Å². The molecular weight excluding hydrogens is 681 g/mol. The van der Waals surface area contributed by atoms with Crippen LogP contribution in [-0.2, 0) is 38.2 Å². The number of halogens is 2. The Morgan fingerprint density at radius 3 is 2.27 bits per heavy atom. The van der Waals surface area contributed by atoms with Crippen LogP contribution >= 0.6 is 0 Å². The molecule has 0 bridgehead atoms. The SMILES string of the molecule is CCOC(=O)c1cc2c(-c3cc(NS(=O)(=O)C(C)S(=O)(=O)CC)ccc3Oc3ccc(F)cc3F)cn(C)c(=O)c2n1Cc1ccccc1. The molecule has 3 aromatic carbocycles. The molecule has 0 amide bonds. The van der Waals surface area contributed by atoms with Gasteiger partial charge in [-0.3, -0.25) is 9.52 Å². The maximum Gasteiger partial charge on any atom is 0.354 e. The molecular formula is C34H33F2N3O8S2. The largest absolute Gasteiger partial charge is 0.461 e. The Bertz CT molecular complexity index is 2340. The number of aryl methyl sites for hydroxylation is 1. The highest BCUT2D eigenvalue weighted by Gasteiger charge is 2.32. The van der Waals surface area contributed by atoms with Gasteiger partial charge in [0.15, 0.2) is 26.0 Å². The summed E-state index contributed by atoms with van der Waals surface area (Å²) in [5.41, 5.74) is 0.808. The predicted molar refractivity (Wildman–Crippen MR) is 182 cm³/mol. The quantitative estimate of drug-likeness (QED) is 0.159. The fraction of sp³-hybridized carbons (Fsp3) is 0.235. The van der Waals surface area contributed by atoms with Gasteiger partial charge < -0.3 is 18.6 Å². The molecule has 2 heterocycles. The zero-order chi connectivity index (χ0) is 35.7. The van der Waals surface area contributed by atoms with Crippen LogP contribution < -0.4 is 15.0 Å². The lowest BCUT2D eigenvalue weighted by Gasteiger charge is -2.18. The minimum absolute atomic E-state index is 0.0314. The number of esters is 1. The van der Waals surface area contributed by atoms with Gasteiger partial charge in [0.25, 0.3) is 5.56 Å². The van der Waals surface area contributed by atoms with E-state index in [9.17, 15) is 35.2 Å². The smallest absolute Gasteiger partial charge is 0.354 e. The molecule has 5 rings (SSSR count). The average Bonchev–Trinajstić information content (AvgIpc) is 3.44. The summed E-state index contributed by atoms with van der Waals surface area (Å²) in [7, 11) is -7.00. The molecule has 1 atom stereocenters. The van der Waals surface area contributed by atoms with Crippen molar-refractivity contribution < 1.29 is 39.9 Å². The summed E-state index contributed by atoms with van der Waals surface area (Å²) in [4.78, 5) is 27.0. The number of nitrogens with zero attached hydrogens (tertiary/aromatic N) is 2. The third-order valence-electron chi connectivity index (χ3n) is 7.89. The number of sulfone groups is 1. The number of benzene rings is 3. The van der Waals surface area contributed by atoms with Gasteiger partial charge in [-0.25, -0.2) is 30.4 Å². The first-order chi connectivity index (χ1) is 23.2. The van der Waals surface area contributed by atoms with Crippen molar-refractivity contribution in [1.82, 2.24) is 9.13 Å². The van der Waals surface area contributed by atoms with E-state index in [0.717, 1.165) is 24.6 Å².